The molecule has 2 nitrogen and oxygen atoms in total. The molecule has 104 valence electrons. The van der Waals surface area contributed by atoms with Gasteiger partial charge in [-0.15, -0.1) is 0 Å². The molecule has 0 aromatic heterocycles. The number of benzene rings is 2. The SMILES string of the molecule is COc1cc(C)cc(C)c1C(=O)Cc1cccc(F)c1. The number of aryl methyl sites for hydroxylation is 2. The maximum absolute atomic E-state index is 13.2. The van der Waals surface area contributed by atoms with E-state index in [1.165, 1.54) is 12.1 Å². The minimum Gasteiger partial charge on any atom is -0.496 e. The Morgan fingerprint density at radius 2 is 1.95 bits per heavy atom. The third-order valence-corrected chi connectivity index (χ3v) is 3.20. The van der Waals surface area contributed by atoms with Crippen molar-refractivity contribution in [2.24, 2.45) is 0 Å². The van der Waals surface area contributed by atoms with Crippen molar-refractivity contribution in [3.8, 4) is 5.75 Å². The predicted octanol–water partition coefficient (Wildman–Crippen LogP) is 3.88. The molecule has 2 aromatic rings. The Morgan fingerprint density at radius 3 is 2.60 bits per heavy atom. The Bertz CT molecular complexity index is 647. The molecule has 0 unspecified atom stereocenters. The van der Waals surface area contributed by atoms with Gasteiger partial charge < -0.3 is 4.74 Å². The van der Waals surface area contributed by atoms with E-state index in [1.54, 1.807) is 19.2 Å². The Kier molecular flexibility index (Phi) is 4.18. The number of ether oxygens (including phenoxy) is 1. The topological polar surface area (TPSA) is 26.3 Å². The lowest BCUT2D eigenvalue weighted by Gasteiger charge is -2.12. The largest absolute Gasteiger partial charge is 0.496 e. The summed E-state index contributed by atoms with van der Waals surface area (Å²) in [7, 11) is 1.55. The van der Waals surface area contributed by atoms with E-state index in [9.17, 15) is 9.18 Å². The Balaban J connectivity index is 2.34. The molecule has 0 fully saturated rings. The van der Waals surface area contributed by atoms with Crippen molar-refractivity contribution in [2.75, 3.05) is 7.11 Å². The van der Waals surface area contributed by atoms with E-state index in [4.69, 9.17) is 4.74 Å². The molecule has 0 bridgehead atoms. The average Bonchev–Trinajstić information content (AvgIpc) is 2.37. The van der Waals surface area contributed by atoms with Crippen LogP contribution in [0.5, 0.6) is 5.75 Å². The highest BCUT2D eigenvalue weighted by Crippen LogP contribution is 2.25. The molecule has 0 saturated heterocycles. The summed E-state index contributed by atoms with van der Waals surface area (Å²) in [6, 6.07) is 9.89. The van der Waals surface area contributed by atoms with Crippen LogP contribution in [0.4, 0.5) is 4.39 Å². The van der Waals surface area contributed by atoms with Gasteiger partial charge in [0.2, 0.25) is 0 Å². The van der Waals surface area contributed by atoms with Crippen LogP contribution in [0.15, 0.2) is 36.4 Å². The summed E-state index contributed by atoms with van der Waals surface area (Å²) < 4.78 is 18.5. The number of carbonyl (C=O) groups excluding carboxylic acids is 1. The van der Waals surface area contributed by atoms with Crippen molar-refractivity contribution in [2.45, 2.75) is 20.3 Å². The molecule has 2 rings (SSSR count). The van der Waals surface area contributed by atoms with Gasteiger partial charge in [0.25, 0.3) is 0 Å². The summed E-state index contributed by atoms with van der Waals surface area (Å²) in [5, 5.41) is 0. The maximum Gasteiger partial charge on any atom is 0.171 e. The lowest BCUT2D eigenvalue weighted by molar-refractivity contribution is 0.0989. The molecule has 0 atom stereocenters. The lowest BCUT2D eigenvalue weighted by Crippen LogP contribution is -2.08. The first kappa shape index (κ1) is 14.3. The molecule has 0 amide bonds. The average molecular weight is 272 g/mol. The van der Waals surface area contributed by atoms with Crippen LogP contribution in [0.3, 0.4) is 0 Å². The fourth-order valence-electron chi connectivity index (χ4n) is 2.37. The van der Waals surface area contributed by atoms with Crippen LogP contribution in [-0.2, 0) is 6.42 Å². The molecule has 0 spiro atoms. The number of Topliss-reactive ketones (excluding diaryl/α,β-unsaturated/α-hetero) is 1. The van der Waals surface area contributed by atoms with Crippen molar-refractivity contribution >= 4 is 5.78 Å². The van der Waals surface area contributed by atoms with E-state index < -0.39 is 0 Å². The fraction of sp³-hybridized carbons (Fsp3) is 0.235. The molecule has 20 heavy (non-hydrogen) atoms. The first-order chi connectivity index (χ1) is 9.51. The summed E-state index contributed by atoms with van der Waals surface area (Å²) >= 11 is 0. The van der Waals surface area contributed by atoms with E-state index in [2.05, 4.69) is 0 Å². The summed E-state index contributed by atoms with van der Waals surface area (Å²) in [6.45, 7) is 3.84. The van der Waals surface area contributed by atoms with Gasteiger partial charge in [0.1, 0.15) is 11.6 Å². The van der Waals surface area contributed by atoms with Gasteiger partial charge in [0, 0.05) is 6.42 Å². The monoisotopic (exact) mass is 272 g/mol. The van der Waals surface area contributed by atoms with Gasteiger partial charge in [0.15, 0.2) is 5.78 Å². The van der Waals surface area contributed by atoms with Gasteiger partial charge >= 0.3 is 0 Å². The van der Waals surface area contributed by atoms with Crippen LogP contribution < -0.4 is 4.74 Å². The molecule has 0 aliphatic rings. The Hall–Kier alpha value is -2.16. The van der Waals surface area contributed by atoms with Crippen LogP contribution >= 0.6 is 0 Å². The Morgan fingerprint density at radius 1 is 1.20 bits per heavy atom. The van der Waals surface area contributed by atoms with Gasteiger partial charge in [0.05, 0.1) is 12.7 Å². The summed E-state index contributed by atoms with van der Waals surface area (Å²) in [6.07, 6.45) is 0.165. The third kappa shape index (κ3) is 3.05. The fourth-order valence-corrected chi connectivity index (χ4v) is 2.37. The van der Waals surface area contributed by atoms with Crippen molar-refractivity contribution in [1.82, 2.24) is 0 Å². The van der Waals surface area contributed by atoms with Crippen LogP contribution in [0.2, 0.25) is 0 Å². The Labute approximate surface area is 118 Å². The molecule has 0 N–H and O–H groups in total. The highest BCUT2D eigenvalue weighted by molar-refractivity contribution is 6.01. The van der Waals surface area contributed by atoms with Crippen molar-refractivity contribution in [3.63, 3.8) is 0 Å². The van der Waals surface area contributed by atoms with E-state index in [1.807, 2.05) is 26.0 Å². The van der Waals surface area contributed by atoms with Crippen LogP contribution in [0.1, 0.15) is 27.0 Å². The smallest absolute Gasteiger partial charge is 0.171 e. The molecule has 0 saturated carbocycles. The quantitative estimate of drug-likeness (QED) is 0.790. The molecule has 3 heteroatoms. The van der Waals surface area contributed by atoms with Crippen LogP contribution in [-0.4, -0.2) is 12.9 Å². The number of rotatable bonds is 4. The zero-order chi connectivity index (χ0) is 14.7. The molecule has 0 aliphatic carbocycles. The van der Waals surface area contributed by atoms with E-state index in [0.717, 1.165) is 11.1 Å². The second kappa shape index (κ2) is 5.87. The standard InChI is InChI=1S/C17H17FO2/c1-11-7-12(2)17(16(8-11)20-3)15(19)10-13-5-4-6-14(18)9-13/h4-9H,10H2,1-3H3. The van der Waals surface area contributed by atoms with Gasteiger partial charge in [-0.05, 0) is 48.7 Å². The molecular weight excluding hydrogens is 255 g/mol. The first-order valence-corrected chi connectivity index (χ1v) is 6.44. The first-order valence-electron chi connectivity index (χ1n) is 6.44. The van der Waals surface area contributed by atoms with Crippen molar-refractivity contribution in [1.29, 1.82) is 0 Å². The van der Waals surface area contributed by atoms with Gasteiger partial charge in [-0.3, -0.25) is 4.79 Å². The number of hydrogen-bond acceptors (Lipinski definition) is 2. The zero-order valence-corrected chi connectivity index (χ0v) is 11.9. The number of carbonyl (C=O) groups is 1. The summed E-state index contributed by atoms with van der Waals surface area (Å²) in [5.41, 5.74) is 3.16. The number of methoxy groups -OCH3 is 1. The summed E-state index contributed by atoms with van der Waals surface area (Å²) in [4.78, 5) is 12.4. The third-order valence-electron chi connectivity index (χ3n) is 3.20. The molecule has 0 heterocycles. The number of halogens is 1. The minimum atomic E-state index is -0.331. The van der Waals surface area contributed by atoms with Gasteiger partial charge in [-0.1, -0.05) is 18.2 Å². The second-order valence-electron chi connectivity index (χ2n) is 4.89. The normalized spacial score (nSPS) is 10.4. The van der Waals surface area contributed by atoms with Crippen molar-refractivity contribution < 1.29 is 13.9 Å². The van der Waals surface area contributed by atoms with E-state index in [0.29, 0.717) is 16.9 Å². The highest BCUT2D eigenvalue weighted by Gasteiger charge is 2.16. The summed E-state index contributed by atoms with van der Waals surface area (Å²) in [5.74, 6) is 0.178. The molecule has 2 aromatic carbocycles. The van der Waals surface area contributed by atoms with Crippen LogP contribution in [0.25, 0.3) is 0 Å². The molecular formula is C17H17FO2. The van der Waals surface area contributed by atoms with Gasteiger partial charge in [-0.25, -0.2) is 4.39 Å². The number of hydrogen-bond donors (Lipinski definition) is 0. The maximum atomic E-state index is 13.2. The predicted molar refractivity (Wildman–Crippen MR) is 76.9 cm³/mol. The van der Waals surface area contributed by atoms with Gasteiger partial charge in [-0.2, -0.15) is 0 Å². The van der Waals surface area contributed by atoms with Crippen molar-refractivity contribution in [3.05, 3.63) is 64.5 Å². The lowest BCUT2D eigenvalue weighted by atomic mass is 9.96. The minimum absolute atomic E-state index is 0.0649. The zero-order valence-electron chi connectivity index (χ0n) is 11.9. The molecule has 0 radical (unpaired) electrons. The van der Waals surface area contributed by atoms with Crippen LogP contribution in [0, 0.1) is 19.7 Å². The highest BCUT2D eigenvalue weighted by atomic mass is 19.1. The molecule has 0 aliphatic heterocycles. The van der Waals surface area contributed by atoms with E-state index >= 15 is 0 Å². The van der Waals surface area contributed by atoms with E-state index in [-0.39, 0.29) is 18.0 Å². The second-order valence-corrected chi connectivity index (χ2v) is 4.89. The number of ketones is 1.